The third-order valence-electron chi connectivity index (χ3n) is 5.71. The van der Waals surface area contributed by atoms with E-state index in [9.17, 15) is 4.79 Å². The molecule has 2 aliphatic rings. The second kappa shape index (κ2) is 8.10. The molecular weight excluding hydrogens is 324 g/mol. The van der Waals surface area contributed by atoms with Gasteiger partial charge < -0.3 is 9.47 Å². The molecule has 1 saturated heterocycles. The standard InChI is InChI=1S/C23H28O3/c1-5-17-10-15(2)22(16(3)11-17)23-20(24)13-19(14-21(23)25-4)12-18-6-8-26-9-7-18/h1,10-11,18-19H,6-9,12-14H2,2-4H3. The average molecular weight is 352 g/mol. The first kappa shape index (κ1) is 18.7. The first-order chi connectivity index (χ1) is 12.5. The summed E-state index contributed by atoms with van der Waals surface area (Å²) in [4.78, 5) is 13.1. The van der Waals surface area contributed by atoms with Crippen LogP contribution < -0.4 is 0 Å². The lowest BCUT2D eigenvalue weighted by atomic mass is 9.77. The van der Waals surface area contributed by atoms with Gasteiger partial charge in [0.05, 0.1) is 12.7 Å². The Labute approximate surface area is 156 Å². The van der Waals surface area contributed by atoms with Crippen LogP contribution in [0.25, 0.3) is 5.57 Å². The van der Waals surface area contributed by atoms with Gasteiger partial charge in [0.15, 0.2) is 5.78 Å². The van der Waals surface area contributed by atoms with Crippen molar-refractivity contribution in [1.82, 2.24) is 0 Å². The lowest BCUT2D eigenvalue weighted by Crippen LogP contribution is -2.25. The molecule has 0 bridgehead atoms. The largest absolute Gasteiger partial charge is 0.500 e. The van der Waals surface area contributed by atoms with E-state index in [4.69, 9.17) is 15.9 Å². The Balaban J connectivity index is 1.89. The maximum absolute atomic E-state index is 13.1. The Morgan fingerprint density at radius 1 is 1.15 bits per heavy atom. The molecule has 0 radical (unpaired) electrons. The summed E-state index contributed by atoms with van der Waals surface area (Å²) in [6.45, 7) is 5.74. The molecule has 138 valence electrons. The number of Topliss-reactive ketones (excluding diaryl/α,β-unsaturated/α-hetero) is 1. The molecule has 1 atom stereocenters. The number of ketones is 1. The highest BCUT2D eigenvalue weighted by atomic mass is 16.5. The molecule has 0 saturated carbocycles. The van der Waals surface area contributed by atoms with Gasteiger partial charge in [-0.15, -0.1) is 6.42 Å². The van der Waals surface area contributed by atoms with Crippen LogP contribution in [0.15, 0.2) is 17.9 Å². The smallest absolute Gasteiger partial charge is 0.167 e. The zero-order valence-electron chi connectivity index (χ0n) is 16.1. The quantitative estimate of drug-likeness (QED) is 0.752. The van der Waals surface area contributed by atoms with E-state index >= 15 is 0 Å². The summed E-state index contributed by atoms with van der Waals surface area (Å²) in [7, 11) is 1.68. The van der Waals surface area contributed by atoms with Crippen LogP contribution in [0.1, 0.15) is 54.4 Å². The zero-order chi connectivity index (χ0) is 18.7. The van der Waals surface area contributed by atoms with Crippen LogP contribution in [0.2, 0.25) is 0 Å². The van der Waals surface area contributed by atoms with Crippen molar-refractivity contribution < 1.29 is 14.3 Å². The number of benzene rings is 1. The monoisotopic (exact) mass is 352 g/mol. The number of ether oxygens (including phenoxy) is 2. The number of carbonyl (C=O) groups excluding carboxylic acids is 1. The van der Waals surface area contributed by atoms with Gasteiger partial charge >= 0.3 is 0 Å². The molecule has 0 spiro atoms. The second-order valence-electron chi connectivity index (χ2n) is 7.62. The molecule has 1 unspecified atom stereocenters. The SMILES string of the molecule is C#Cc1cc(C)c(C2=C(OC)CC(CC3CCOCC3)CC2=O)c(C)c1. The Morgan fingerprint density at radius 2 is 1.81 bits per heavy atom. The van der Waals surface area contributed by atoms with E-state index < -0.39 is 0 Å². The van der Waals surface area contributed by atoms with E-state index in [1.54, 1.807) is 7.11 Å². The summed E-state index contributed by atoms with van der Waals surface area (Å²) in [5, 5.41) is 0. The van der Waals surface area contributed by atoms with Crippen molar-refractivity contribution in [3.8, 4) is 12.3 Å². The van der Waals surface area contributed by atoms with Crippen molar-refractivity contribution in [3.05, 3.63) is 40.1 Å². The van der Waals surface area contributed by atoms with E-state index in [1.165, 1.54) is 0 Å². The summed E-state index contributed by atoms with van der Waals surface area (Å²) in [5.41, 5.74) is 4.69. The van der Waals surface area contributed by atoms with Gasteiger partial charge in [-0.1, -0.05) is 5.92 Å². The van der Waals surface area contributed by atoms with Crippen molar-refractivity contribution in [3.63, 3.8) is 0 Å². The van der Waals surface area contributed by atoms with E-state index in [-0.39, 0.29) is 5.78 Å². The molecule has 1 aromatic carbocycles. The molecule has 1 aliphatic heterocycles. The van der Waals surface area contributed by atoms with Crippen molar-refractivity contribution in [2.75, 3.05) is 20.3 Å². The van der Waals surface area contributed by atoms with E-state index in [2.05, 4.69) is 5.92 Å². The fourth-order valence-corrected chi connectivity index (χ4v) is 4.48. The fourth-order valence-electron chi connectivity index (χ4n) is 4.48. The molecule has 3 rings (SSSR count). The average Bonchev–Trinajstić information content (AvgIpc) is 2.63. The van der Waals surface area contributed by atoms with Crippen LogP contribution in [0, 0.1) is 38.0 Å². The lowest BCUT2D eigenvalue weighted by molar-refractivity contribution is -0.115. The molecule has 26 heavy (non-hydrogen) atoms. The number of hydrogen-bond acceptors (Lipinski definition) is 3. The molecule has 0 N–H and O–H groups in total. The molecule has 1 heterocycles. The number of aryl methyl sites for hydroxylation is 2. The number of allylic oxidation sites excluding steroid dienone is 2. The highest BCUT2D eigenvalue weighted by Gasteiger charge is 2.32. The Morgan fingerprint density at radius 3 is 2.38 bits per heavy atom. The number of terminal acetylenes is 1. The minimum absolute atomic E-state index is 0.199. The topological polar surface area (TPSA) is 35.5 Å². The van der Waals surface area contributed by atoms with Crippen LogP contribution in [-0.4, -0.2) is 26.1 Å². The third-order valence-corrected chi connectivity index (χ3v) is 5.71. The molecule has 0 aromatic heterocycles. The minimum Gasteiger partial charge on any atom is -0.500 e. The molecule has 0 amide bonds. The van der Waals surface area contributed by atoms with E-state index in [1.807, 2.05) is 26.0 Å². The summed E-state index contributed by atoms with van der Waals surface area (Å²) in [5.74, 6) is 4.75. The highest BCUT2D eigenvalue weighted by molar-refractivity contribution is 6.22. The van der Waals surface area contributed by atoms with Crippen molar-refractivity contribution in [1.29, 1.82) is 0 Å². The molecule has 1 aromatic rings. The second-order valence-corrected chi connectivity index (χ2v) is 7.62. The van der Waals surface area contributed by atoms with Crippen LogP contribution in [0.4, 0.5) is 0 Å². The molecular formula is C23H28O3. The van der Waals surface area contributed by atoms with Crippen LogP contribution in [0.3, 0.4) is 0 Å². The maximum atomic E-state index is 13.1. The Bertz CT molecular complexity index is 737. The van der Waals surface area contributed by atoms with Crippen molar-refractivity contribution >= 4 is 11.4 Å². The first-order valence-corrected chi connectivity index (χ1v) is 9.49. The summed E-state index contributed by atoms with van der Waals surface area (Å²) < 4.78 is 11.2. The van der Waals surface area contributed by atoms with Crippen molar-refractivity contribution in [2.24, 2.45) is 11.8 Å². The van der Waals surface area contributed by atoms with Crippen LogP contribution in [-0.2, 0) is 14.3 Å². The summed E-state index contributed by atoms with van der Waals surface area (Å²) in [6.07, 6.45) is 10.3. The van der Waals surface area contributed by atoms with Gasteiger partial charge in [0.1, 0.15) is 5.76 Å². The Hall–Kier alpha value is -2.05. The third kappa shape index (κ3) is 3.86. The predicted molar refractivity (Wildman–Crippen MR) is 104 cm³/mol. The van der Waals surface area contributed by atoms with Crippen LogP contribution in [0.5, 0.6) is 0 Å². The fraction of sp³-hybridized carbons (Fsp3) is 0.522. The zero-order valence-corrected chi connectivity index (χ0v) is 16.1. The van der Waals surface area contributed by atoms with Gasteiger partial charge in [-0.3, -0.25) is 4.79 Å². The number of methoxy groups -OCH3 is 1. The van der Waals surface area contributed by atoms with Crippen LogP contribution >= 0.6 is 0 Å². The van der Waals surface area contributed by atoms with Gasteiger partial charge in [0, 0.05) is 31.6 Å². The highest BCUT2D eigenvalue weighted by Crippen LogP contribution is 2.39. The van der Waals surface area contributed by atoms with Gasteiger partial charge in [-0.2, -0.15) is 0 Å². The number of carbonyl (C=O) groups is 1. The number of rotatable bonds is 4. The van der Waals surface area contributed by atoms with Gasteiger partial charge in [-0.05, 0) is 73.8 Å². The summed E-state index contributed by atoms with van der Waals surface area (Å²) in [6, 6.07) is 3.95. The normalized spacial score (nSPS) is 21.6. The predicted octanol–water partition coefficient (Wildman–Crippen LogP) is 4.44. The lowest BCUT2D eigenvalue weighted by Gasteiger charge is -2.31. The van der Waals surface area contributed by atoms with Gasteiger partial charge in [0.2, 0.25) is 0 Å². The Kier molecular flexibility index (Phi) is 5.84. The number of hydrogen-bond donors (Lipinski definition) is 0. The summed E-state index contributed by atoms with van der Waals surface area (Å²) >= 11 is 0. The van der Waals surface area contributed by atoms with Gasteiger partial charge in [-0.25, -0.2) is 0 Å². The maximum Gasteiger partial charge on any atom is 0.167 e. The molecule has 1 fully saturated rings. The van der Waals surface area contributed by atoms with Gasteiger partial charge in [0.25, 0.3) is 0 Å². The van der Waals surface area contributed by atoms with E-state index in [0.29, 0.717) is 18.3 Å². The van der Waals surface area contributed by atoms with Crippen molar-refractivity contribution in [2.45, 2.75) is 46.0 Å². The minimum atomic E-state index is 0.199. The first-order valence-electron chi connectivity index (χ1n) is 9.49. The van der Waals surface area contributed by atoms with E-state index in [0.717, 1.165) is 72.5 Å². The molecule has 1 aliphatic carbocycles. The molecule has 3 nitrogen and oxygen atoms in total. The molecule has 3 heteroatoms.